The molecule has 2 N–H and O–H groups in total. The van der Waals surface area contributed by atoms with E-state index < -0.39 is 0 Å². The van der Waals surface area contributed by atoms with Crippen LogP contribution in [0.4, 0.5) is 9.50 Å². The predicted molar refractivity (Wildman–Crippen MR) is 35.3 cm³/mol. The fraction of sp³-hybridized carbons (Fsp3) is 0.800. The molecule has 4 heteroatoms. The van der Waals surface area contributed by atoms with Gasteiger partial charge in [0.15, 0.2) is 0 Å². The van der Waals surface area contributed by atoms with Crippen LogP contribution in [0.25, 0.3) is 0 Å². The van der Waals surface area contributed by atoms with Crippen LogP contribution in [0, 0.1) is 0 Å². The molecule has 0 unspecified atom stereocenters. The van der Waals surface area contributed by atoms with Gasteiger partial charge in [-0.25, -0.2) is 4.79 Å². The number of nitrogens with one attached hydrogen (secondary N) is 2. The highest BCUT2D eigenvalue weighted by Crippen LogP contribution is 1.60. The highest BCUT2D eigenvalue weighted by Gasteiger charge is 1.89. The first-order valence-corrected chi connectivity index (χ1v) is 2.83. The largest absolute Gasteiger partial charge is 0.338 e. The van der Waals surface area contributed by atoms with E-state index in [9.17, 15) is 4.79 Å². The number of amides is 2. The molecule has 0 atom stereocenters. The summed E-state index contributed by atoms with van der Waals surface area (Å²) in [5.74, 6) is 0. The molecule has 0 saturated heterocycles. The summed E-state index contributed by atoms with van der Waals surface area (Å²) in [6, 6.07) is -0.0880. The number of carbonyl (C=O) groups excluding carboxylic acids is 1. The van der Waals surface area contributed by atoms with Crippen LogP contribution in [-0.2, 0) is 0 Å². The van der Waals surface area contributed by atoms with E-state index >= 15 is 0 Å². The van der Waals surface area contributed by atoms with Crippen LogP contribution in [-0.4, -0.2) is 19.1 Å². The third-order valence-electron chi connectivity index (χ3n) is 0.675. The van der Waals surface area contributed by atoms with Gasteiger partial charge in [-0.3, -0.25) is 4.70 Å². The van der Waals surface area contributed by atoms with Crippen LogP contribution < -0.4 is 10.6 Å². The van der Waals surface area contributed by atoms with Gasteiger partial charge in [-0.1, -0.05) is 0 Å². The zero-order valence-electron chi connectivity index (χ0n) is 5.73. The molecular formula is C5H13FN2O. The van der Waals surface area contributed by atoms with Gasteiger partial charge in [0.25, 0.3) is 0 Å². The van der Waals surface area contributed by atoms with Crippen LogP contribution >= 0.6 is 0 Å². The Balaban J connectivity index is 0. The molecule has 0 aromatic rings. The molecule has 56 valence electrons. The summed E-state index contributed by atoms with van der Waals surface area (Å²) >= 11 is 0. The minimum absolute atomic E-state index is 0. The molecule has 9 heavy (non-hydrogen) atoms. The fourth-order valence-corrected chi connectivity index (χ4v) is 0.384. The van der Waals surface area contributed by atoms with Crippen LogP contribution in [0.5, 0.6) is 0 Å². The van der Waals surface area contributed by atoms with Crippen molar-refractivity contribution in [2.24, 2.45) is 0 Å². The monoisotopic (exact) mass is 136 g/mol. The molecule has 2 amide bonds. The highest BCUT2D eigenvalue weighted by molar-refractivity contribution is 5.73. The average Bonchev–Trinajstić information content (AvgIpc) is 1.68. The summed E-state index contributed by atoms with van der Waals surface area (Å²) in [6.07, 6.45) is 0. The van der Waals surface area contributed by atoms with Gasteiger partial charge in [-0.05, 0) is 13.8 Å². The van der Waals surface area contributed by atoms with E-state index in [1.807, 2.05) is 13.8 Å². The molecule has 0 aliphatic rings. The lowest BCUT2D eigenvalue weighted by Gasteiger charge is -1.99. The lowest BCUT2D eigenvalue weighted by atomic mass is 10.7. The average molecular weight is 136 g/mol. The number of hydrogen-bond acceptors (Lipinski definition) is 1. The standard InChI is InChI=1S/C5H12N2O.FH/c1-3-6-5(8)7-4-2;/h3-4H2,1-2H3,(H2,6,7,8);1H. The maximum absolute atomic E-state index is 10.4. The Morgan fingerprint density at radius 3 is 1.78 bits per heavy atom. The van der Waals surface area contributed by atoms with Crippen molar-refractivity contribution in [1.29, 1.82) is 0 Å². The van der Waals surface area contributed by atoms with E-state index in [-0.39, 0.29) is 10.7 Å². The van der Waals surface area contributed by atoms with E-state index in [2.05, 4.69) is 10.6 Å². The van der Waals surface area contributed by atoms with Crippen molar-refractivity contribution < 1.29 is 9.50 Å². The Kier molecular flexibility index (Phi) is 8.85. The molecule has 0 saturated carbocycles. The fourth-order valence-electron chi connectivity index (χ4n) is 0.384. The molecule has 0 aromatic carbocycles. The van der Waals surface area contributed by atoms with Gasteiger partial charge in [0, 0.05) is 13.1 Å². The van der Waals surface area contributed by atoms with Crippen molar-refractivity contribution in [2.45, 2.75) is 13.8 Å². The minimum atomic E-state index is -0.0880. The summed E-state index contributed by atoms with van der Waals surface area (Å²) in [6.45, 7) is 5.14. The summed E-state index contributed by atoms with van der Waals surface area (Å²) < 4.78 is 0. The van der Waals surface area contributed by atoms with Gasteiger partial charge in [0.05, 0.1) is 0 Å². The normalized spacial score (nSPS) is 7.33. The summed E-state index contributed by atoms with van der Waals surface area (Å²) in [7, 11) is 0. The molecule has 0 aliphatic heterocycles. The van der Waals surface area contributed by atoms with Gasteiger partial charge in [-0.2, -0.15) is 0 Å². The van der Waals surface area contributed by atoms with Crippen molar-refractivity contribution in [3.8, 4) is 0 Å². The van der Waals surface area contributed by atoms with Crippen molar-refractivity contribution in [3.05, 3.63) is 0 Å². The van der Waals surface area contributed by atoms with Crippen molar-refractivity contribution in [2.75, 3.05) is 13.1 Å². The predicted octanol–water partition coefficient (Wildman–Crippen LogP) is 0.478. The Labute approximate surface area is 54.2 Å². The van der Waals surface area contributed by atoms with Crippen LogP contribution in [0.1, 0.15) is 13.8 Å². The molecule has 0 spiro atoms. The zero-order chi connectivity index (χ0) is 6.41. The molecule has 3 nitrogen and oxygen atoms in total. The van der Waals surface area contributed by atoms with E-state index in [4.69, 9.17) is 0 Å². The SMILES string of the molecule is CCNC(=O)NCC.F. The number of rotatable bonds is 2. The van der Waals surface area contributed by atoms with Crippen LogP contribution in [0.15, 0.2) is 0 Å². The molecule has 0 fully saturated rings. The smallest absolute Gasteiger partial charge is 0.314 e. The molecular weight excluding hydrogens is 123 g/mol. The number of halogens is 1. The van der Waals surface area contributed by atoms with Crippen molar-refractivity contribution >= 4 is 6.03 Å². The molecule has 0 bridgehead atoms. The first kappa shape index (κ1) is 11.1. The maximum atomic E-state index is 10.4. The minimum Gasteiger partial charge on any atom is -0.338 e. The van der Waals surface area contributed by atoms with Crippen LogP contribution in [0.3, 0.4) is 0 Å². The molecule has 0 heterocycles. The Morgan fingerprint density at radius 1 is 1.22 bits per heavy atom. The second-order valence-electron chi connectivity index (χ2n) is 1.39. The van der Waals surface area contributed by atoms with E-state index in [1.54, 1.807) is 0 Å². The second kappa shape index (κ2) is 7.20. The molecule has 0 rings (SSSR count). The Bertz CT molecular complexity index is 69.4. The van der Waals surface area contributed by atoms with Gasteiger partial charge in [0.1, 0.15) is 0 Å². The topological polar surface area (TPSA) is 41.1 Å². The lowest BCUT2D eigenvalue weighted by molar-refractivity contribution is 0.242. The van der Waals surface area contributed by atoms with Gasteiger partial charge in [-0.15, -0.1) is 0 Å². The van der Waals surface area contributed by atoms with E-state index in [0.717, 1.165) is 0 Å². The summed E-state index contributed by atoms with van der Waals surface area (Å²) in [5, 5.41) is 5.19. The number of hydrogen-bond donors (Lipinski definition) is 2. The summed E-state index contributed by atoms with van der Waals surface area (Å²) in [4.78, 5) is 10.4. The van der Waals surface area contributed by atoms with Gasteiger partial charge in [0.2, 0.25) is 0 Å². The Morgan fingerprint density at radius 2 is 1.56 bits per heavy atom. The number of urea groups is 1. The molecule has 0 radical (unpaired) electrons. The third-order valence-corrected chi connectivity index (χ3v) is 0.675. The molecule has 0 aliphatic carbocycles. The van der Waals surface area contributed by atoms with Crippen molar-refractivity contribution in [3.63, 3.8) is 0 Å². The van der Waals surface area contributed by atoms with Gasteiger partial charge >= 0.3 is 6.03 Å². The highest BCUT2D eigenvalue weighted by atomic mass is 19.0. The molecule has 0 aromatic heterocycles. The summed E-state index contributed by atoms with van der Waals surface area (Å²) in [5.41, 5.74) is 0. The second-order valence-corrected chi connectivity index (χ2v) is 1.39. The van der Waals surface area contributed by atoms with E-state index in [0.29, 0.717) is 13.1 Å². The zero-order valence-corrected chi connectivity index (χ0v) is 5.73. The van der Waals surface area contributed by atoms with Crippen molar-refractivity contribution in [1.82, 2.24) is 10.6 Å². The Hall–Kier alpha value is -0.800. The maximum Gasteiger partial charge on any atom is 0.314 e. The van der Waals surface area contributed by atoms with E-state index in [1.165, 1.54) is 0 Å². The first-order chi connectivity index (χ1) is 3.81. The number of carbonyl (C=O) groups is 1. The lowest BCUT2D eigenvalue weighted by Crippen LogP contribution is -2.34. The van der Waals surface area contributed by atoms with Gasteiger partial charge < -0.3 is 10.6 Å². The quantitative estimate of drug-likeness (QED) is 0.569. The first-order valence-electron chi connectivity index (χ1n) is 2.83. The van der Waals surface area contributed by atoms with Crippen LogP contribution in [0.2, 0.25) is 0 Å². The third kappa shape index (κ3) is 7.20.